The second-order valence-corrected chi connectivity index (χ2v) is 4.24. The summed E-state index contributed by atoms with van der Waals surface area (Å²) >= 11 is 0. The Bertz CT molecular complexity index is 291. The van der Waals surface area contributed by atoms with E-state index < -0.39 is 29.3 Å². The van der Waals surface area contributed by atoms with E-state index in [0.717, 1.165) is 19.3 Å². The largest absolute Gasteiger partial charge is 0.481 e. The fourth-order valence-corrected chi connectivity index (χ4v) is 1.67. The van der Waals surface area contributed by atoms with Crippen molar-refractivity contribution in [3.63, 3.8) is 0 Å². The lowest BCUT2D eigenvalue weighted by molar-refractivity contribution is -0.522. The third-order valence-corrected chi connectivity index (χ3v) is 2.64. The van der Waals surface area contributed by atoms with E-state index in [0.29, 0.717) is 12.8 Å². The lowest BCUT2D eigenvalue weighted by atomic mass is 10.0. The van der Waals surface area contributed by atoms with Gasteiger partial charge in [-0.2, -0.15) is 0 Å². The fraction of sp³-hybridized carbons (Fsp3) is 0.818. The number of hydrogen-bond acceptors (Lipinski definition) is 4. The highest BCUT2D eigenvalue weighted by Gasteiger charge is 2.22. The van der Waals surface area contributed by atoms with Gasteiger partial charge < -0.3 is 10.2 Å². The maximum atomic E-state index is 10.6. The summed E-state index contributed by atoms with van der Waals surface area (Å²) in [6, 6.07) is -1.01. The van der Waals surface area contributed by atoms with Gasteiger partial charge in [-0.15, -0.1) is 0 Å². The van der Waals surface area contributed by atoms with Crippen molar-refractivity contribution in [1.29, 1.82) is 0 Å². The molecule has 0 spiro atoms. The predicted octanol–water partition coefficient (Wildman–Crippen LogP) is 1.92. The maximum absolute atomic E-state index is 10.6. The summed E-state index contributed by atoms with van der Waals surface area (Å²) in [4.78, 5) is 30.6. The van der Waals surface area contributed by atoms with Crippen molar-refractivity contribution in [1.82, 2.24) is 0 Å². The molecule has 0 saturated heterocycles. The van der Waals surface area contributed by atoms with Gasteiger partial charge in [-0.25, -0.2) is 0 Å². The van der Waals surface area contributed by atoms with Crippen LogP contribution in [0.4, 0.5) is 0 Å². The number of hydrogen-bond donors (Lipinski definition) is 2. The lowest BCUT2D eigenvalue weighted by Crippen LogP contribution is -2.22. The molecule has 7 nitrogen and oxygen atoms in total. The molecule has 0 rings (SSSR count). The van der Waals surface area contributed by atoms with Crippen molar-refractivity contribution >= 4 is 11.9 Å². The van der Waals surface area contributed by atoms with Gasteiger partial charge in [0.1, 0.15) is 6.42 Å². The highest BCUT2D eigenvalue weighted by molar-refractivity contribution is 5.67. The SMILES string of the molecule is O=C(O)CCCCCCCC(CC(=O)O)[N+](=O)[O-]. The van der Waals surface area contributed by atoms with Crippen LogP contribution in [0.1, 0.15) is 51.4 Å². The number of aliphatic carboxylic acids is 2. The second-order valence-electron chi connectivity index (χ2n) is 4.24. The van der Waals surface area contributed by atoms with E-state index in [-0.39, 0.29) is 12.8 Å². The van der Waals surface area contributed by atoms with Gasteiger partial charge in [0.25, 0.3) is 0 Å². The molecule has 0 aliphatic carbocycles. The number of unbranched alkanes of at least 4 members (excludes halogenated alkanes) is 4. The molecule has 0 heterocycles. The van der Waals surface area contributed by atoms with Crippen molar-refractivity contribution in [2.75, 3.05) is 0 Å². The molecule has 0 aromatic heterocycles. The van der Waals surface area contributed by atoms with Crippen molar-refractivity contribution in [3.8, 4) is 0 Å². The number of rotatable bonds is 11. The summed E-state index contributed by atoms with van der Waals surface area (Å²) in [6.45, 7) is 0. The Kier molecular flexibility index (Phi) is 8.51. The van der Waals surface area contributed by atoms with Crippen LogP contribution in [-0.4, -0.2) is 33.1 Å². The first-order valence-electron chi connectivity index (χ1n) is 6.00. The van der Waals surface area contributed by atoms with E-state index in [1.54, 1.807) is 0 Å². The Morgan fingerprint density at radius 1 is 1.00 bits per heavy atom. The van der Waals surface area contributed by atoms with E-state index in [1.165, 1.54) is 0 Å². The molecule has 0 fully saturated rings. The molecule has 1 unspecified atom stereocenters. The molecular weight excluding hydrogens is 242 g/mol. The van der Waals surface area contributed by atoms with Crippen LogP contribution >= 0.6 is 0 Å². The molecule has 1 atom stereocenters. The lowest BCUT2D eigenvalue weighted by Gasteiger charge is -2.06. The molecule has 0 aromatic carbocycles. The van der Waals surface area contributed by atoms with Crippen LogP contribution in [0.25, 0.3) is 0 Å². The molecule has 0 saturated carbocycles. The van der Waals surface area contributed by atoms with Crippen molar-refractivity contribution in [2.45, 2.75) is 57.4 Å². The van der Waals surface area contributed by atoms with Crippen LogP contribution in [0.5, 0.6) is 0 Å². The zero-order valence-corrected chi connectivity index (χ0v) is 10.2. The Labute approximate surface area is 105 Å². The summed E-state index contributed by atoms with van der Waals surface area (Å²) in [7, 11) is 0. The van der Waals surface area contributed by atoms with Gasteiger partial charge in [0.05, 0.1) is 0 Å². The van der Waals surface area contributed by atoms with E-state index in [9.17, 15) is 19.7 Å². The molecule has 0 amide bonds. The number of carboxylic acid groups (broad SMARTS) is 2. The zero-order chi connectivity index (χ0) is 14.0. The first kappa shape index (κ1) is 16.3. The second kappa shape index (κ2) is 9.38. The Morgan fingerprint density at radius 2 is 1.56 bits per heavy atom. The monoisotopic (exact) mass is 261 g/mol. The van der Waals surface area contributed by atoms with Crippen molar-refractivity contribution in [3.05, 3.63) is 10.1 Å². The minimum atomic E-state index is -1.15. The van der Waals surface area contributed by atoms with E-state index in [1.807, 2.05) is 0 Å². The van der Waals surface area contributed by atoms with Gasteiger partial charge >= 0.3 is 11.9 Å². The van der Waals surface area contributed by atoms with Crippen LogP contribution in [0.2, 0.25) is 0 Å². The summed E-state index contributed by atoms with van der Waals surface area (Å²) in [5, 5.41) is 27.5. The van der Waals surface area contributed by atoms with Crippen LogP contribution in [0.15, 0.2) is 0 Å². The molecule has 18 heavy (non-hydrogen) atoms. The first-order chi connectivity index (χ1) is 8.43. The van der Waals surface area contributed by atoms with Crippen LogP contribution in [0.3, 0.4) is 0 Å². The normalized spacial score (nSPS) is 12.0. The average Bonchev–Trinajstić information content (AvgIpc) is 2.25. The summed E-state index contributed by atoms with van der Waals surface area (Å²) < 4.78 is 0. The van der Waals surface area contributed by atoms with Crippen LogP contribution < -0.4 is 0 Å². The number of nitro groups is 1. The molecule has 0 aromatic rings. The number of carboxylic acids is 2. The topological polar surface area (TPSA) is 118 Å². The van der Waals surface area contributed by atoms with Crippen LogP contribution in [0, 0.1) is 10.1 Å². The Morgan fingerprint density at radius 3 is 2.06 bits per heavy atom. The van der Waals surface area contributed by atoms with E-state index >= 15 is 0 Å². The summed E-state index contributed by atoms with van der Waals surface area (Å²) in [6.07, 6.45) is 3.57. The summed E-state index contributed by atoms with van der Waals surface area (Å²) in [5.41, 5.74) is 0. The fourth-order valence-electron chi connectivity index (χ4n) is 1.67. The van der Waals surface area contributed by atoms with Gasteiger partial charge in [0.2, 0.25) is 6.04 Å². The van der Waals surface area contributed by atoms with E-state index in [2.05, 4.69) is 0 Å². The molecular formula is C11H19NO6. The third-order valence-electron chi connectivity index (χ3n) is 2.64. The van der Waals surface area contributed by atoms with Crippen molar-refractivity contribution < 1.29 is 24.7 Å². The molecule has 0 radical (unpaired) electrons. The quantitative estimate of drug-likeness (QED) is 0.333. The molecule has 2 N–H and O–H groups in total. The first-order valence-corrected chi connectivity index (χ1v) is 6.00. The highest BCUT2D eigenvalue weighted by atomic mass is 16.6. The average molecular weight is 261 g/mol. The number of nitrogens with zero attached hydrogens (tertiary/aromatic N) is 1. The zero-order valence-electron chi connectivity index (χ0n) is 10.2. The Balaban J connectivity index is 3.58. The predicted molar refractivity (Wildman–Crippen MR) is 63.0 cm³/mol. The van der Waals surface area contributed by atoms with Gasteiger partial charge in [-0.1, -0.05) is 19.3 Å². The molecule has 0 bridgehead atoms. The molecule has 0 aliphatic heterocycles. The molecule has 7 heteroatoms. The van der Waals surface area contributed by atoms with Gasteiger partial charge in [-0.05, 0) is 12.8 Å². The Hall–Kier alpha value is -1.66. The van der Waals surface area contributed by atoms with Crippen LogP contribution in [-0.2, 0) is 9.59 Å². The highest BCUT2D eigenvalue weighted by Crippen LogP contribution is 2.12. The van der Waals surface area contributed by atoms with Crippen molar-refractivity contribution in [2.24, 2.45) is 0 Å². The number of carbonyl (C=O) groups is 2. The van der Waals surface area contributed by atoms with Gasteiger partial charge in [0, 0.05) is 17.8 Å². The smallest absolute Gasteiger partial charge is 0.310 e. The minimum Gasteiger partial charge on any atom is -0.481 e. The maximum Gasteiger partial charge on any atom is 0.310 e. The van der Waals surface area contributed by atoms with E-state index in [4.69, 9.17) is 10.2 Å². The van der Waals surface area contributed by atoms with Gasteiger partial charge in [0.15, 0.2) is 0 Å². The van der Waals surface area contributed by atoms with Gasteiger partial charge in [-0.3, -0.25) is 19.7 Å². The molecule has 0 aliphatic rings. The summed E-state index contributed by atoms with van der Waals surface area (Å²) in [5.74, 6) is -1.97. The third kappa shape index (κ3) is 9.56. The molecule has 104 valence electrons. The minimum absolute atomic E-state index is 0.149. The standard InChI is InChI=1S/C11H19NO6/c13-10(14)7-5-3-1-2-4-6-9(12(17)18)8-11(15)16/h9H,1-8H2,(H,13,14)(H,15,16).